The van der Waals surface area contributed by atoms with E-state index in [9.17, 15) is 0 Å². The molecule has 19 heavy (non-hydrogen) atoms. The average molecular weight is 258 g/mol. The second-order valence-corrected chi connectivity index (χ2v) is 7.59. The molecule has 0 nitrogen and oxygen atoms in total. The SMILES string of the molecule is CC(C)(C)CCc1cccc(CC2CCCCC2)c1. The zero-order chi connectivity index (χ0) is 13.7. The molecule has 0 bridgehead atoms. The van der Waals surface area contributed by atoms with E-state index in [4.69, 9.17) is 0 Å². The Bertz CT molecular complexity index is 377. The minimum Gasteiger partial charge on any atom is -0.0617 e. The van der Waals surface area contributed by atoms with Gasteiger partial charge < -0.3 is 0 Å². The maximum Gasteiger partial charge on any atom is -0.0250 e. The first-order valence-electron chi connectivity index (χ1n) is 8.11. The summed E-state index contributed by atoms with van der Waals surface area (Å²) in [6, 6.07) is 9.35. The van der Waals surface area contributed by atoms with Gasteiger partial charge in [0.05, 0.1) is 0 Å². The number of hydrogen-bond acceptors (Lipinski definition) is 0. The van der Waals surface area contributed by atoms with Gasteiger partial charge >= 0.3 is 0 Å². The van der Waals surface area contributed by atoms with E-state index in [0.29, 0.717) is 5.41 Å². The molecule has 0 saturated heterocycles. The van der Waals surface area contributed by atoms with E-state index in [1.807, 2.05) is 0 Å². The fourth-order valence-corrected chi connectivity index (χ4v) is 3.16. The molecular formula is C19H30. The molecule has 0 atom stereocenters. The monoisotopic (exact) mass is 258 g/mol. The van der Waals surface area contributed by atoms with Crippen molar-refractivity contribution in [1.29, 1.82) is 0 Å². The molecule has 1 aromatic rings. The lowest BCUT2D eigenvalue weighted by Crippen LogP contribution is -2.10. The Balaban J connectivity index is 1.90. The maximum absolute atomic E-state index is 2.46. The number of benzene rings is 1. The number of hydrogen-bond donors (Lipinski definition) is 0. The summed E-state index contributed by atoms with van der Waals surface area (Å²) >= 11 is 0. The van der Waals surface area contributed by atoms with E-state index in [-0.39, 0.29) is 0 Å². The molecule has 0 heteroatoms. The Hall–Kier alpha value is -0.780. The van der Waals surface area contributed by atoms with E-state index in [0.717, 1.165) is 5.92 Å². The van der Waals surface area contributed by atoms with Gasteiger partial charge in [-0.25, -0.2) is 0 Å². The van der Waals surface area contributed by atoms with Crippen LogP contribution in [0.5, 0.6) is 0 Å². The van der Waals surface area contributed by atoms with Crippen LogP contribution in [-0.2, 0) is 12.8 Å². The zero-order valence-corrected chi connectivity index (χ0v) is 13.0. The maximum atomic E-state index is 2.46. The van der Waals surface area contributed by atoms with E-state index < -0.39 is 0 Å². The zero-order valence-electron chi connectivity index (χ0n) is 13.0. The number of rotatable bonds is 4. The second kappa shape index (κ2) is 6.59. The van der Waals surface area contributed by atoms with Crippen LogP contribution < -0.4 is 0 Å². The highest BCUT2D eigenvalue weighted by molar-refractivity contribution is 5.24. The van der Waals surface area contributed by atoms with Crippen molar-refractivity contribution in [1.82, 2.24) is 0 Å². The first-order chi connectivity index (χ1) is 9.03. The van der Waals surface area contributed by atoms with Crippen molar-refractivity contribution < 1.29 is 0 Å². The van der Waals surface area contributed by atoms with Crippen LogP contribution in [0.25, 0.3) is 0 Å². The second-order valence-electron chi connectivity index (χ2n) is 7.59. The lowest BCUT2D eigenvalue weighted by atomic mass is 9.84. The Labute approximate surface area is 119 Å². The minimum atomic E-state index is 0.444. The van der Waals surface area contributed by atoms with Crippen molar-refractivity contribution in [3.8, 4) is 0 Å². The van der Waals surface area contributed by atoms with Crippen LogP contribution in [-0.4, -0.2) is 0 Å². The number of aryl methyl sites for hydroxylation is 1. The van der Waals surface area contributed by atoms with Gasteiger partial charge in [0, 0.05) is 0 Å². The van der Waals surface area contributed by atoms with Gasteiger partial charge in [-0.2, -0.15) is 0 Å². The summed E-state index contributed by atoms with van der Waals surface area (Å²) in [5, 5.41) is 0. The average Bonchev–Trinajstić information content (AvgIpc) is 2.37. The molecule has 0 aromatic heterocycles. The fraction of sp³-hybridized carbons (Fsp3) is 0.684. The van der Waals surface area contributed by atoms with E-state index in [1.54, 1.807) is 5.56 Å². The molecule has 1 aliphatic carbocycles. The largest absolute Gasteiger partial charge is 0.0617 e. The third kappa shape index (κ3) is 5.38. The summed E-state index contributed by atoms with van der Waals surface area (Å²) in [5.74, 6) is 0.951. The molecular weight excluding hydrogens is 228 g/mol. The Morgan fingerprint density at radius 3 is 2.37 bits per heavy atom. The predicted molar refractivity (Wildman–Crippen MR) is 84.5 cm³/mol. The van der Waals surface area contributed by atoms with Crippen molar-refractivity contribution in [2.75, 3.05) is 0 Å². The summed E-state index contributed by atoms with van der Waals surface area (Å²) in [6.45, 7) is 7.00. The van der Waals surface area contributed by atoms with Gasteiger partial charge in [0.25, 0.3) is 0 Å². The highest BCUT2D eigenvalue weighted by Gasteiger charge is 2.14. The van der Waals surface area contributed by atoms with Crippen LogP contribution in [0, 0.1) is 11.3 Å². The van der Waals surface area contributed by atoms with Gasteiger partial charge in [0.15, 0.2) is 0 Å². The van der Waals surface area contributed by atoms with Gasteiger partial charge in [-0.3, -0.25) is 0 Å². The predicted octanol–water partition coefficient (Wildman–Crippen LogP) is 5.79. The summed E-state index contributed by atoms with van der Waals surface area (Å²) in [7, 11) is 0. The van der Waals surface area contributed by atoms with Crippen molar-refractivity contribution in [2.45, 2.75) is 72.1 Å². The van der Waals surface area contributed by atoms with E-state index >= 15 is 0 Å². The molecule has 0 radical (unpaired) electrons. The van der Waals surface area contributed by atoms with Gasteiger partial charge in [0.1, 0.15) is 0 Å². The van der Waals surface area contributed by atoms with Crippen LogP contribution in [0.3, 0.4) is 0 Å². The van der Waals surface area contributed by atoms with Crippen molar-refractivity contribution in [2.24, 2.45) is 11.3 Å². The molecule has 0 spiro atoms. The molecule has 0 amide bonds. The smallest absolute Gasteiger partial charge is 0.0250 e. The fourth-order valence-electron chi connectivity index (χ4n) is 3.16. The molecule has 1 aliphatic rings. The molecule has 0 unspecified atom stereocenters. The van der Waals surface area contributed by atoms with Crippen molar-refractivity contribution >= 4 is 0 Å². The molecule has 1 saturated carbocycles. The normalized spacial score (nSPS) is 17.6. The van der Waals surface area contributed by atoms with Gasteiger partial charge in [-0.05, 0) is 41.7 Å². The summed E-state index contributed by atoms with van der Waals surface area (Å²) in [5.41, 5.74) is 3.54. The molecule has 106 valence electrons. The Morgan fingerprint density at radius 2 is 1.68 bits per heavy atom. The third-order valence-electron chi connectivity index (χ3n) is 4.40. The van der Waals surface area contributed by atoms with Crippen LogP contribution in [0.4, 0.5) is 0 Å². The molecule has 2 rings (SSSR count). The molecule has 0 aliphatic heterocycles. The van der Waals surface area contributed by atoms with Gasteiger partial charge in [-0.1, -0.05) is 77.1 Å². The highest BCUT2D eigenvalue weighted by Crippen LogP contribution is 2.27. The Morgan fingerprint density at radius 1 is 1.00 bits per heavy atom. The minimum absolute atomic E-state index is 0.444. The van der Waals surface area contributed by atoms with E-state index in [2.05, 4.69) is 45.0 Å². The summed E-state index contributed by atoms with van der Waals surface area (Å²) in [6.07, 6.45) is 11.1. The Kier molecular flexibility index (Phi) is 5.07. The quantitative estimate of drug-likeness (QED) is 0.641. The van der Waals surface area contributed by atoms with Crippen LogP contribution in [0.2, 0.25) is 0 Å². The van der Waals surface area contributed by atoms with E-state index in [1.165, 1.54) is 56.9 Å². The van der Waals surface area contributed by atoms with Gasteiger partial charge in [-0.15, -0.1) is 0 Å². The lowest BCUT2D eigenvalue weighted by Gasteiger charge is -2.22. The van der Waals surface area contributed by atoms with Crippen LogP contribution in [0.15, 0.2) is 24.3 Å². The molecule has 1 fully saturated rings. The third-order valence-corrected chi connectivity index (χ3v) is 4.40. The van der Waals surface area contributed by atoms with Crippen LogP contribution in [0.1, 0.15) is 70.4 Å². The van der Waals surface area contributed by atoms with Crippen molar-refractivity contribution in [3.05, 3.63) is 35.4 Å². The highest BCUT2D eigenvalue weighted by atomic mass is 14.2. The van der Waals surface area contributed by atoms with Gasteiger partial charge in [0.2, 0.25) is 0 Å². The topological polar surface area (TPSA) is 0 Å². The summed E-state index contributed by atoms with van der Waals surface area (Å²) < 4.78 is 0. The lowest BCUT2D eigenvalue weighted by molar-refractivity contribution is 0.356. The molecule has 0 heterocycles. The summed E-state index contributed by atoms with van der Waals surface area (Å²) in [4.78, 5) is 0. The molecule has 0 N–H and O–H groups in total. The molecule has 1 aromatic carbocycles. The first kappa shape index (κ1) is 14.6. The van der Waals surface area contributed by atoms with Crippen LogP contribution >= 0.6 is 0 Å². The van der Waals surface area contributed by atoms with Crippen molar-refractivity contribution in [3.63, 3.8) is 0 Å². The first-order valence-corrected chi connectivity index (χ1v) is 8.11. The standard InChI is InChI=1S/C19H30/c1-19(2,3)13-12-17-10-7-11-18(15-17)14-16-8-5-4-6-9-16/h7,10-11,15-16H,4-6,8-9,12-14H2,1-3H3.